The van der Waals surface area contributed by atoms with E-state index < -0.39 is 15.9 Å². The third-order valence-corrected chi connectivity index (χ3v) is 6.24. The second-order valence-electron chi connectivity index (χ2n) is 6.90. The molecule has 3 aromatic rings. The van der Waals surface area contributed by atoms with Crippen LogP contribution in [0.25, 0.3) is 0 Å². The molecule has 0 atom stereocenters. The first-order valence-electron chi connectivity index (χ1n) is 9.35. The van der Waals surface area contributed by atoms with Crippen LogP contribution in [-0.4, -0.2) is 32.7 Å². The van der Waals surface area contributed by atoms with Crippen LogP contribution in [0.3, 0.4) is 0 Å². The molecule has 7 nitrogen and oxygen atoms in total. The maximum atomic E-state index is 12.6. The van der Waals surface area contributed by atoms with E-state index >= 15 is 0 Å². The van der Waals surface area contributed by atoms with Gasteiger partial charge in [-0.2, -0.15) is 5.26 Å². The Hall–Kier alpha value is -3.67. The molecule has 1 N–H and O–H groups in total. The highest BCUT2D eigenvalue weighted by molar-refractivity contribution is 7.89. The molecule has 3 rings (SSSR count). The van der Waals surface area contributed by atoms with Gasteiger partial charge in [0.15, 0.2) is 0 Å². The monoisotopic (exact) mass is 435 g/mol. The molecule has 0 aromatic heterocycles. The Bertz CT molecular complexity index is 1250. The van der Waals surface area contributed by atoms with E-state index in [4.69, 9.17) is 10.00 Å². The molecule has 0 saturated heterocycles. The molecule has 8 heteroatoms. The van der Waals surface area contributed by atoms with E-state index in [-0.39, 0.29) is 17.1 Å². The summed E-state index contributed by atoms with van der Waals surface area (Å²) < 4.78 is 31.5. The first-order chi connectivity index (χ1) is 14.8. The van der Waals surface area contributed by atoms with Crippen molar-refractivity contribution in [2.45, 2.75) is 11.5 Å². The van der Waals surface area contributed by atoms with Crippen LogP contribution in [0.15, 0.2) is 77.7 Å². The van der Waals surface area contributed by atoms with Gasteiger partial charge in [0.25, 0.3) is 5.91 Å². The maximum absolute atomic E-state index is 12.6. The predicted molar refractivity (Wildman–Crippen MR) is 117 cm³/mol. The van der Waals surface area contributed by atoms with Crippen molar-refractivity contribution in [2.75, 3.05) is 19.4 Å². The Morgan fingerprint density at radius 1 is 1.03 bits per heavy atom. The average molecular weight is 436 g/mol. The number of nitrogens with zero attached hydrogens (tertiary/aromatic N) is 2. The predicted octanol–water partition coefficient (Wildman–Crippen LogP) is 3.64. The molecule has 0 heterocycles. The third kappa shape index (κ3) is 5.48. The summed E-state index contributed by atoms with van der Waals surface area (Å²) in [5.74, 6) is 0.110. The fraction of sp³-hybridized carbons (Fsp3) is 0.130. The quantitative estimate of drug-likeness (QED) is 0.611. The number of nitrogens with one attached hydrogen (secondary N) is 1. The van der Waals surface area contributed by atoms with Gasteiger partial charge in [-0.3, -0.25) is 4.79 Å². The molecular formula is C23H21N3O4S. The van der Waals surface area contributed by atoms with Gasteiger partial charge in [0, 0.05) is 31.4 Å². The van der Waals surface area contributed by atoms with E-state index in [1.54, 1.807) is 48.5 Å². The molecular weight excluding hydrogens is 414 g/mol. The van der Waals surface area contributed by atoms with Crippen molar-refractivity contribution in [2.24, 2.45) is 0 Å². The van der Waals surface area contributed by atoms with Gasteiger partial charge in [0.05, 0.1) is 16.5 Å². The summed E-state index contributed by atoms with van der Waals surface area (Å²) in [6.07, 6.45) is 0. The normalized spacial score (nSPS) is 11.0. The molecule has 1 amide bonds. The Labute approximate surface area is 181 Å². The topological polar surface area (TPSA) is 99.5 Å². The summed E-state index contributed by atoms with van der Waals surface area (Å²) in [4.78, 5) is 12.7. The van der Waals surface area contributed by atoms with Crippen molar-refractivity contribution in [1.29, 1.82) is 5.26 Å². The second-order valence-corrected chi connectivity index (χ2v) is 9.05. The minimum atomic E-state index is -3.64. The van der Waals surface area contributed by atoms with Crippen molar-refractivity contribution >= 4 is 21.6 Å². The second kappa shape index (κ2) is 9.43. The van der Waals surface area contributed by atoms with Gasteiger partial charge < -0.3 is 10.1 Å². The molecule has 31 heavy (non-hydrogen) atoms. The van der Waals surface area contributed by atoms with Crippen LogP contribution >= 0.6 is 0 Å². The largest absolute Gasteiger partial charge is 0.489 e. The SMILES string of the molecule is CN(C)S(=O)(=O)c1cccc(C(=O)Nc2cccc(OCc3cccc(C#N)c3)c2)c1. The molecule has 0 unspecified atom stereocenters. The number of hydrogen-bond acceptors (Lipinski definition) is 5. The summed E-state index contributed by atoms with van der Waals surface area (Å²) in [7, 11) is -0.769. The number of carbonyl (C=O) groups is 1. The van der Waals surface area contributed by atoms with Crippen LogP contribution in [-0.2, 0) is 16.6 Å². The minimum Gasteiger partial charge on any atom is -0.489 e. The number of carbonyl (C=O) groups excluding carboxylic acids is 1. The van der Waals surface area contributed by atoms with E-state index in [0.717, 1.165) is 9.87 Å². The van der Waals surface area contributed by atoms with Gasteiger partial charge >= 0.3 is 0 Å². The molecule has 0 aliphatic rings. The molecule has 158 valence electrons. The van der Waals surface area contributed by atoms with Crippen LogP contribution in [0.5, 0.6) is 5.75 Å². The average Bonchev–Trinajstić information content (AvgIpc) is 2.78. The van der Waals surface area contributed by atoms with E-state index in [1.807, 2.05) is 6.07 Å². The highest BCUT2D eigenvalue weighted by atomic mass is 32.2. The zero-order valence-corrected chi connectivity index (χ0v) is 17.9. The number of nitriles is 1. The highest BCUT2D eigenvalue weighted by Crippen LogP contribution is 2.21. The van der Waals surface area contributed by atoms with E-state index in [1.165, 1.54) is 32.3 Å². The molecule has 0 aliphatic heterocycles. The third-order valence-electron chi connectivity index (χ3n) is 4.43. The summed E-state index contributed by atoms with van der Waals surface area (Å²) >= 11 is 0. The molecule has 0 bridgehead atoms. The number of hydrogen-bond donors (Lipinski definition) is 1. The van der Waals surface area contributed by atoms with Crippen molar-refractivity contribution in [1.82, 2.24) is 4.31 Å². The van der Waals surface area contributed by atoms with Crippen molar-refractivity contribution in [3.05, 3.63) is 89.5 Å². The number of benzene rings is 3. The Morgan fingerprint density at radius 3 is 2.52 bits per heavy atom. The Kier molecular flexibility index (Phi) is 6.70. The zero-order valence-electron chi connectivity index (χ0n) is 17.1. The molecule has 0 radical (unpaired) electrons. The molecule has 0 saturated carbocycles. The van der Waals surface area contributed by atoms with Crippen LogP contribution in [0, 0.1) is 11.3 Å². The van der Waals surface area contributed by atoms with Crippen molar-refractivity contribution in [3.8, 4) is 11.8 Å². The number of sulfonamides is 1. The summed E-state index contributed by atoms with van der Waals surface area (Å²) in [6.45, 7) is 0.275. The smallest absolute Gasteiger partial charge is 0.255 e. The fourth-order valence-electron chi connectivity index (χ4n) is 2.77. The summed E-state index contributed by atoms with van der Waals surface area (Å²) in [5.41, 5.74) is 2.14. The van der Waals surface area contributed by atoms with Crippen LogP contribution in [0.1, 0.15) is 21.5 Å². The zero-order chi connectivity index (χ0) is 22.4. The first-order valence-corrected chi connectivity index (χ1v) is 10.8. The fourth-order valence-corrected chi connectivity index (χ4v) is 3.72. The van der Waals surface area contributed by atoms with Crippen LogP contribution < -0.4 is 10.1 Å². The molecule has 0 fully saturated rings. The summed E-state index contributed by atoms with van der Waals surface area (Å²) in [6, 6.07) is 22.0. The lowest BCUT2D eigenvalue weighted by atomic mass is 10.1. The molecule has 3 aromatic carbocycles. The van der Waals surface area contributed by atoms with E-state index in [9.17, 15) is 13.2 Å². The molecule has 0 aliphatic carbocycles. The standard InChI is InChI=1S/C23H21N3O4S/c1-26(2)31(28,29)22-11-4-8-19(13-22)23(27)25-20-9-5-10-21(14-20)30-16-18-7-3-6-17(12-18)15-24/h3-14H,16H2,1-2H3,(H,25,27). The molecule has 0 spiro atoms. The number of anilines is 1. The van der Waals surface area contributed by atoms with Crippen molar-refractivity contribution < 1.29 is 17.9 Å². The Morgan fingerprint density at radius 2 is 1.77 bits per heavy atom. The Balaban J connectivity index is 1.71. The minimum absolute atomic E-state index is 0.0434. The maximum Gasteiger partial charge on any atom is 0.255 e. The summed E-state index contributed by atoms with van der Waals surface area (Å²) in [5, 5.41) is 11.7. The van der Waals surface area contributed by atoms with Gasteiger partial charge in [-0.15, -0.1) is 0 Å². The van der Waals surface area contributed by atoms with Crippen molar-refractivity contribution in [3.63, 3.8) is 0 Å². The highest BCUT2D eigenvalue weighted by Gasteiger charge is 2.18. The van der Waals surface area contributed by atoms with Crippen LogP contribution in [0.2, 0.25) is 0 Å². The van der Waals surface area contributed by atoms with Gasteiger partial charge in [0.1, 0.15) is 12.4 Å². The lowest BCUT2D eigenvalue weighted by molar-refractivity contribution is 0.102. The lowest BCUT2D eigenvalue weighted by Gasteiger charge is -2.13. The number of amides is 1. The van der Waals surface area contributed by atoms with E-state index in [0.29, 0.717) is 17.0 Å². The van der Waals surface area contributed by atoms with Gasteiger partial charge in [-0.1, -0.05) is 24.3 Å². The number of rotatable bonds is 7. The first kappa shape index (κ1) is 22.0. The van der Waals surface area contributed by atoms with Gasteiger partial charge in [-0.25, -0.2) is 12.7 Å². The van der Waals surface area contributed by atoms with Gasteiger partial charge in [0.2, 0.25) is 10.0 Å². The van der Waals surface area contributed by atoms with E-state index in [2.05, 4.69) is 11.4 Å². The number of ether oxygens (including phenoxy) is 1. The van der Waals surface area contributed by atoms with Gasteiger partial charge in [-0.05, 0) is 48.0 Å². The lowest BCUT2D eigenvalue weighted by Crippen LogP contribution is -2.22. The van der Waals surface area contributed by atoms with Crippen LogP contribution in [0.4, 0.5) is 5.69 Å².